The molecule has 7 heteroatoms. The first kappa shape index (κ1) is 16.1. The van der Waals surface area contributed by atoms with Crippen LogP contribution in [0.3, 0.4) is 0 Å². The lowest BCUT2D eigenvalue weighted by atomic mass is 10.2. The smallest absolute Gasteiger partial charge is 0.326 e. The van der Waals surface area contributed by atoms with Gasteiger partial charge in [0, 0.05) is 16.7 Å². The Kier molecular flexibility index (Phi) is 4.57. The van der Waals surface area contributed by atoms with E-state index in [0.717, 1.165) is 16.9 Å². The maximum Gasteiger partial charge on any atom is 0.326 e. The van der Waals surface area contributed by atoms with Crippen LogP contribution in [-0.4, -0.2) is 24.4 Å². The van der Waals surface area contributed by atoms with Gasteiger partial charge in [0.25, 0.3) is 0 Å². The summed E-state index contributed by atoms with van der Waals surface area (Å²) in [7, 11) is 3.19. The maximum atomic E-state index is 6.11. The summed E-state index contributed by atoms with van der Waals surface area (Å²) in [5.74, 6) is 1.83. The molecule has 0 aliphatic carbocycles. The van der Waals surface area contributed by atoms with E-state index in [1.807, 2.05) is 37.3 Å². The lowest BCUT2D eigenvalue weighted by Crippen LogP contribution is -1.96. The number of rotatable bonds is 5. The molecular formula is C17H16ClN3O3. The van der Waals surface area contributed by atoms with Crippen LogP contribution in [0.4, 0.5) is 11.7 Å². The number of methoxy groups -OCH3 is 2. The Morgan fingerprint density at radius 1 is 1.08 bits per heavy atom. The lowest BCUT2D eigenvalue weighted by Gasteiger charge is -2.10. The number of halogens is 1. The number of aryl methyl sites for hydroxylation is 1. The van der Waals surface area contributed by atoms with Crippen LogP contribution in [0.25, 0.3) is 11.4 Å². The second-order valence-electron chi connectivity index (χ2n) is 5.08. The highest BCUT2D eigenvalue weighted by Gasteiger charge is 2.12. The van der Waals surface area contributed by atoms with E-state index in [0.29, 0.717) is 22.3 Å². The van der Waals surface area contributed by atoms with E-state index >= 15 is 0 Å². The molecule has 1 heterocycles. The average Bonchev–Trinajstić information content (AvgIpc) is 3.06. The van der Waals surface area contributed by atoms with E-state index < -0.39 is 0 Å². The van der Waals surface area contributed by atoms with E-state index in [4.69, 9.17) is 25.6 Å². The van der Waals surface area contributed by atoms with Gasteiger partial charge in [0.1, 0.15) is 11.5 Å². The van der Waals surface area contributed by atoms with Gasteiger partial charge in [-0.25, -0.2) is 0 Å². The Morgan fingerprint density at radius 2 is 1.83 bits per heavy atom. The van der Waals surface area contributed by atoms with Gasteiger partial charge in [-0.2, -0.15) is 4.98 Å². The lowest BCUT2D eigenvalue weighted by molar-refractivity contribution is 0.414. The Bertz CT molecular complexity index is 847. The van der Waals surface area contributed by atoms with Gasteiger partial charge in [0.2, 0.25) is 5.82 Å². The summed E-state index contributed by atoms with van der Waals surface area (Å²) >= 11 is 6.11. The molecule has 124 valence electrons. The third-order valence-electron chi connectivity index (χ3n) is 3.50. The van der Waals surface area contributed by atoms with E-state index in [2.05, 4.69) is 15.5 Å². The van der Waals surface area contributed by atoms with Crippen molar-refractivity contribution < 1.29 is 14.0 Å². The SMILES string of the molecule is COc1ccc(-c2noc(Nc3cc(C)c(Cl)cc3OC)n2)cc1. The summed E-state index contributed by atoms with van der Waals surface area (Å²) in [6, 6.07) is 11.3. The summed E-state index contributed by atoms with van der Waals surface area (Å²) in [6.45, 7) is 1.91. The van der Waals surface area contributed by atoms with Crippen molar-refractivity contribution in [2.45, 2.75) is 6.92 Å². The predicted molar refractivity (Wildman–Crippen MR) is 92.3 cm³/mol. The third-order valence-corrected chi connectivity index (χ3v) is 3.90. The van der Waals surface area contributed by atoms with Gasteiger partial charge in [-0.15, -0.1) is 0 Å². The van der Waals surface area contributed by atoms with Crippen molar-refractivity contribution in [3.63, 3.8) is 0 Å². The highest BCUT2D eigenvalue weighted by Crippen LogP contribution is 2.33. The van der Waals surface area contributed by atoms with Crippen molar-refractivity contribution in [3.05, 3.63) is 47.0 Å². The highest BCUT2D eigenvalue weighted by molar-refractivity contribution is 6.31. The molecule has 0 aliphatic rings. The zero-order valence-corrected chi connectivity index (χ0v) is 14.2. The van der Waals surface area contributed by atoms with Crippen LogP contribution in [0.5, 0.6) is 11.5 Å². The summed E-state index contributed by atoms with van der Waals surface area (Å²) in [6.07, 6.45) is 0. The molecule has 0 bridgehead atoms. The number of nitrogens with zero attached hydrogens (tertiary/aromatic N) is 2. The first-order valence-corrected chi connectivity index (χ1v) is 7.58. The summed E-state index contributed by atoms with van der Waals surface area (Å²) in [5, 5.41) is 7.66. The van der Waals surface area contributed by atoms with Crippen molar-refractivity contribution in [1.82, 2.24) is 10.1 Å². The minimum atomic E-state index is 0.265. The Hall–Kier alpha value is -2.73. The molecule has 0 amide bonds. The van der Waals surface area contributed by atoms with E-state index in [1.54, 1.807) is 20.3 Å². The molecule has 0 atom stereocenters. The maximum absolute atomic E-state index is 6.11. The number of ether oxygens (including phenoxy) is 2. The molecule has 6 nitrogen and oxygen atoms in total. The van der Waals surface area contributed by atoms with Crippen LogP contribution in [0.1, 0.15) is 5.56 Å². The monoisotopic (exact) mass is 345 g/mol. The standard InChI is InChI=1S/C17H16ClN3O3/c1-10-8-14(15(23-3)9-13(10)18)19-17-20-16(21-24-17)11-4-6-12(22-2)7-5-11/h4-9H,1-3H3,(H,19,20,21). The Balaban J connectivity index is 1.85. The van der Waals surface area contributed by atoms with Gasteiger partial charge in [0.05, 0.1) is 19.9 Å². The Morgan fingerprint density at radius 3 is 2.50 bits per heavy atom. The highest BCUT2D eigenvalue weighted by atomic mass is 35.5. The molecule has 0 saturated heterocycles. The van der Waals surface area contributed by atoms with Crippen LogP contribution in [0, 0.1) is 6.92 Å². The fraction of sp³-hybridized carbons (Fsp3) is 0.176. The number of hydrogen-bond donors (Lipinski definition) is 1. The van der Waals surface area contributed by atoms with Gasteiger partial charge in [-0.3, -0.25) is 0 Å². The molecule has 2 aromatic carbocycles. The predicted octanol–water partition coefficient (Wildman–Crippen LogP) is 4.46. The molecule has 24 heavy (non-hydrogen) atoms. The third kappa shape index (κ3) is 3.28. The van der Waals surface area contributed by atoms with Gasteiger partial charge in [-0.1, -0.05) is 16.8 Å². The molecule has 0 radical (unpaired) electrons. The van der Waals surface area contributed by atoms with Gasteiger partial charge < -0.3 is 19.3 Å². The van der Waals surface area contributed by atoms with Crippen LogP contribution < -0.4 is 14.8 Å². The number of aromatic nitrogens is 2. The number of anilines is 2. The molecule has 0 unspecified atom stereocenters. The van der Waals surface area contributed by atoms with Crippen LogP contribution in [0.15, 0.2) is 40.9 Å². The van der Waals surface area contributed by atoms with Crippen LogP contribution in [0.2, 0.25) is 5.02 Å². The molecule has 0 fully saturated rings. The van der Waals surface area contributed by atoms with E-state index in [-0.39, 0.29) is 6.01 Å². The molecule has 0 spiro atoms. The second-order valence-corrected chi connectivity index (χ2v) is 5.49. The second kappa shape index (κ2) is 6.80. The van der Waals surface area contributed by atoms with Gasteiger partial charge in [-0.05, 0) is 42.8 Å². The van der Waals surface area contributed by atoms with E-state index in [1.165, 1.54) is 0 Å². The van der Waals surface area contributed by atoms with Crippen molar-refractivity contribution in [1.29, 1.82) is 0 Å². The van der Waals surface area contributed by atoms with E-state index in [9.17, 15) is 0 Å². The molecule has 1 N–H and O–H groups in total. The largest absolute Gasteiger partial charge is 0.497 e. The van der Waals surface area contributed by atoms with Crippen molar-refractivity contribution in [2.24, 2.45) is 0 Å². The molecule has 1 aromatic heterocycles. The molecular weight excluding hydrogens is 330 g/mol. The minimum Gasteiger partial charge on any atom is -0.497 e. The molecule has 3 aromatic rings. The van der Waals surface area contributed by atoms with Crippen molar-refractivity contribution >= 4 is 23.3 Å². The first-order valence-electron chi connectivity index (χ1n) is 7.20. The zero-order chi connectivity index (χ0) is 17.1. The van der Waals surface area contributed by atoms with Gasteiger partial charge >= 0.3 is 6.01 Å². The molecule has 0 saturated carbocycles. The van der Waals surface area contributed by atoms with Crippen molar-refractivity contribution in [3.8, 4) is 22.9 Å². The van der Waals surface area contributed by atoms with Crippen LogP contribution in [-0.2, 0) is 0 Å². The summed E-state index contributed by atoms with van der Waals surface area (Å²) in [5.41, 5.74) is 2.44. The van der Waals surface area contributed by atoms with Gasteiger partial charge in [0.15, 0.2) is 0 Å². The fourth-order valence-electron chi connectivity index (χ4n) is 2.18. The minimum absolute atomic E-state index is 0.265. The molecule has 3 rings (SSSR count). The summed E-state index contributed by atoms with van der Waals surface area (Å²) < 4.78 is 15.7. The topological polar surface area (TPSA) is 69.4 Å². The average molecular weight is 346 g/mol. The molecule has 0 aliphatic heterocycles. The first-order chi connectivity index (χ1) is 11.6. The zero-order valence-electron chi connectivity index (χ0n) is 13.5. The van der Waals surface area contributed by atoms with Crippen molar-refractivity contribution in [2.75, 3.05) is 19.5 Å². The number of nitrogens with one attached hydrogen (secondary N) is 1. The number of hydrogen-bond acceptors (Lipinski definition) is 6. The quantitative estimate of drug-likeness (QED) is 0.736. The Labute approximate surface area is 144 Å². The normalized spacial score (nSPS) is 10.5. The van der Waals surface area contributed by atoms with Crippen LogP contribution >= 0.6 is 11.6 Å². The number of benzene rings is 2. The fourth-order valence-corrected chi connectivity index (χ4v) is 2.33. The summed E-state index contributed by atoms with van der Waals surface area (Å²) in [4.78, 5) is 4.34.